The molecule has 1 atom stereocenters. The number of hydrogen-bond donors (Lipinski definition) is 1. The second kappa shape index (κ2) is 7.61. The van der Waals surface area contributed by atoms with Gasteiger partial charge in [0.1, 0.15) is 5.75 Å². The highest BCUT2D eigenvalue weighted by atomic mass is 16.5. The Labute approximate surface area is 131 Å². The van der Waals surface area contributed by atoms with Gasteiger partial charge >= 0.3 is 0 Å². The smallest absolute Gasteiger partial charge is 0.225 e. The minimum absolute atomic E-state index is 0.0800. The third-order valence-corrected chi connectivity index (χ3v) is 3.56. The first-order chi connectivity index (χ1) is 10.6. The monoisotopic (exact) mass is 299 g/mol. The van der Waals surface area contributed by atoms with Gasteiger partial charge in [0, 0.05) is 13.6 Å². The van der Waals surface area contributed by atoms with Crippen LogP contribution in [0.2, 0.25) is 0 Å². The molecule has 2 aromatic rings. The van der Waals surface area contributed by atoms with Crippen molar-refractivity contribution in [1.82, 2.24) is 4.90 Å². The lowest BCUT2D eigenvalue weighted by Crippen LogP contribution is -2.27. The summed E-state index contributed by atoms with van der Waals surface area (Å²) in [5.74, 6) is 0.699. The maximum absolute atomic E-state index is 12.2. The van der Waals surface area contributed by atoms with Crippen molar-refractivity contribution in [3.05, 3.63) is 65.7 Å². The maximum atomic E-state index is 12.2. The standard InChI is InChI=1S/C18H21NO3/c1-19(13-14-8-10-16(22-2)11-9-14)18(21)12-17(20)15-6-4-3-5-7-15/h3-11,17,20H,12-13H2,1-2H3. The fraction of sp³-hybridized carbons (Fsp3) is 0.278. The fourth-order valence-corrected chi connectivity index (χ4v) is 2.21. The maximum Gasteiger partial charge on any atom is 0.225 e. The summed E-state index contributed by atoms with van der Waals surface area (Å²) < 4.78 is 5.11. The van der Waals surface area contributed by atoms with Crippen LogP contribution in [0, 0.1) is 0 Å². The molecule has 4 nitrogen and oxygen atoms in total. The second-order valence-corrected chi connectivity index (χ2v) is 5.23. The first-order valence-corrected chi connectivity index (χ1v) is 7.20. The van der Waals surface area contributed by atoms with Gasteiger partial charge in [-0.15, -0.1) is 0 Å². The van der Waals surface area contributed by atoms with Crippen molar-refractivity contribution in [1.29, 1.82) is 0 Å². The van der Waals surface area contributed by atoms with E-state index in [0.29, 0.717) is 6.54 Å². The van der Waals surface area contributed by atoms with E-state index in [-0.39, 0.29) is 12.3 Å². The normalized spacial score (nSPS) is 11.8. The molecule has 0 radical (unpaired) electrons. The van der Waals surface area contributed by atoms with Crippen LogP contribution in [0.25, 0.3) is 0 Å². The highest BCUT2D eigenvalue weighted by Crippen LogP contribution is 2.18. The van der Waals surface area contributed by atoms with Gasteiger partial charge in [0.25, 0.3) is 0 Å². The van der Waals surface area contributed by atoms with E-state index >= 15 is 0 Å². The SMILES string of the molecule is COc1ccc(CN(C)C(=O)CC(O)c2ccccc2)cc1. The minimum atomic E-state index is -0.771. The minimum Gasteiger partial charge on any atom is -0.497 e. The molecular formula is C18H21NO3. The van der Waals surface area contributed by atoms with Crippen LogP contribution >= 0.6 is 0 Å². The van der Waals surface area contributed by atoms with Gasteiger partial charge in [-0.3, -0.25) is 4.79 Å². The third kappa shape index (κ3) is 4.33. The van der Waals surface area contributed by atoms with Gasteiger partial charge < -0.3 is 14.7 Å². The van der Waals surface area contributed by atoms with Crippen LogP contribution in [0.4, 0.5) is 0 Å². The van der Waals surface area contributed by atoms with Crippen molar-refractivity contribution >= 4 is 5.91 Å². The molecule has 1 unspecified atom stereocenters. The number of benzene rings is 2. The molecular weight excluding hydrogens is 278 g/mol. The number of nitrogens with zero attached hydrogens (tertiary/aromatic N) is 1. The number of amides is 1. The van der Waals surface area contributed by atoms with E-state index in [1.165, 1.54) is 0 Å². The van der Waals surface area contributed by atoms with Crippen LogP contribution in [-0.2, 0) is 11.3 Å². The Balaban J connectivity index is 1.91. The Hall–Kier alpha value is -2.33. The summed E-state index contributed by atoms with van der Waals surface area (Å²) in [7, 11) is 3.36. The summed E-state index contributed by atoms with van der Waals surface area (Å²) in [6, 6.07) is 16.8. The van der Waals surface area contributed by atoms with Crippen LogP contribution < -0.4 is 4.74 Å². The van der Waals surface area contributed by atoms with Crippen molar-refractivity contribution < 1.29 is 14.6 Å². The highest BCUT2D eigenvalue weighted by molar-refractivity contribution is 5.76. The van der Waals surface area contributed by atoms with Crippen molar-refractivity contribution in [2.24, 2.45) is 0 Å². The molecule has 0 fully saturated rings. The number of aliphatic hydroxyl groups excluding tert-OH is 1. The number of aliphatic hydroxyl groups is 1. The van der Waals surface area contributed by atoms with E-state index < -0.39 is 6.10 Å². The molecule has 4 heteroatoms. The van der Waals surface area contributed by atoms with Crippen LogP contribution in [0.5, 0.6) is 5.75 Å². The molecule has 0 saturated heterocycles. The Morgan fingerprint density at radius 2 is 1.77 bits per heavy atom. The van der Waals surface area contributed by atoms with Gasteiger partial charge in [0.2, 0.25) is 5.91 Å². The molecule has 0 aliphatic rings. The molecule has 2 rings (SSSR count). The molecule has 0 heterocycles. The molecule has 22 heavy (non-hydrogen) atoms. The average Bonchev–Trinajstić information content (AvgIpc) is 2.56. The Morgan fingerprint density at radius 3 is 2.36 bits per heavy atom. The summed E-state index contributed by atoms with van der Waals surface area (Å²) in [4.78, 5) is 13.8. The molecule has 0 saturated carbocycles. The zero-order chi connectivity index (χ0) is 15.9. The Kier molecular flexibility index (Phi) is 5.55. The number of rotatable bonds is 6. The first-order valence-electron chi connectivity index (χ1n) is 7.20. The van der Waals surface area contributed by atoms with Gasteiger partial charge in [-0.25, -0.2) is 0 Å². The summed E-state index contributed by atoms with van der Waals surface area (Å²) in [6.45, 7) is 0.504. The van der Waals surface area contributed by atoms with Gasteiger partial charge in [-0.05, 0) is 23.3 Å². The summed E-state index contributed by atoms with van der Waals surface area (Å²) in [5, 5.41) is 10.1. The van der Waals surface area contributed by atoms with Crippen LogP contribution in [0.1, 0.15) is 23.7 Å². The molecule has 1 N–H and O–H groups in total. The fourth-order valence-electron chi connectivity index (χ4n) is 2.21. The number of hydrogen-bond acceptors (Lipinski definition) is 3. The number of carbonyl (C=O) groups excluding carboxylic acids is 1. The van der Waals surface area contributed by atoms with Gasteiger partial charge in [0.15, 0.2) is 0 Å². The molecule has 0 bridgehead atoms. The molecule has 0 aliphatic carbocycles. The molecule has 116 valence electrons. The van der Waals surface area contributed by atoms with Crippen LogP contribution in [-0.4, -0.2) is 30.1 Å². The van der Waals surface area contributed by atoms with E-state index in [9.17, 15) is 9.90 Å². The largest absolute Gasteiger partial charge is 0.497 e. The zero-order valence-corrected chi connectivity index (χ0v) is 12.9. The lowest BCUT2D eigenvalue weighted by molar-refractivity contribution is -0.132. The lowest BCUT2D eigenvalue weighted by Gasteiger charge is -2.19. The zero-order valence-electron chi connectivity index (χ0n) is 12.9. The van der Waals surface area contributed by atoms with Crippen molar-refractivity contribution in [3.8, 4) is 5.75 Å². The van der Waals surface area contributed by atoms with Crippen molar-refractivity contribution in [2.75, 3.05) is 14.2 Å². The number of ether oxygens (including phenoxy) is 1. The van der Waals surface area contributed by atoms with Crippen LogP contribution in [0.15, 0.2) is 54.6 Å². The van der Waals surface area contributed by atoms with Gasteiger partial charge in [-0.2, -0.15) is 0 Å². The van der Waals surface area contributed by atoms with E-state index in [1.54, 1.807) is 19.1 Å². The van der Waals surface area contributed by atoms with Crippen molar-refractivity contribution in [3.63, 3.8) is 0 Å². The molecule has 0 spiro atoms. The molecule has 0 aromatic heterocycles. The van der Waals surface area contributed by atoms with E-state index in [2.05, 4.69) is 0 Å². The number of carbonyl (C=O) groups is 1. The molecule has 1 amide bonds. The first kappa shape index (κ1) is 16.0. The van der Waals surface area contributed by atoms with E-state index in [1.807, 2.05) is 54.6 Å². The Morgan fingerprint density at radius 1 is 1.14 bits per heavy atom. The second-order valence-electron chi connectivity index (χ2n) is 5.23. The van der Waals surface area contributed by atoms with Gasteiger partial charge in [-0.1, -0.05) is 42.5 Å². The van der Waals surface area contributed by atoms with E-state index in [4.69, 9.17) is 4.74 Å². The molecule has 0 aliphatic heterocycles. The van der Waals surface area contributed by atoms with Crippen LogP contribution in [0.3, 0.4) is 0 Å². The summed E-state index contributed by atoms with van der Waals surface area (Å²) in [6.07, 6.45) is -0.691. The van der Waals surface area contributed by atoms with Crippen molar-refractivity contribution in [2.45, 2.75) is 19.1 Å². The predicted octanol–water partition coefficient (Wildman–Crippen LogP) is 2.78. The molecule has 2 aromatic carbocycles. The summed E-state index contributed by atoms with van der Waals surface area (Å²) >= 11 is 0. The average molecular weight is 299 g/mol. The van der Waals surface area contributed by atoms with Gasteiger partial charge in [0.05, 0.1) is 19.6 Å². The lowest BCUT2D eigenvalue weighted by atomic mass is 10.1. The summed E-state index contributed by atoms with van der Waals surface area (Å²) in [5.41, 5.74) is 1.78. The third-order valence-electron chi connectivity index (χ3n) is 3.56. The highest BCUT2D eigenvalue weighted by Gasteiger charge is 2.16. The Bertz CT molecular complexity index is 595. The topological polar surface area (TPSA) is 49.8 Å². The quantitative estimate of drug-likeness (QED) is 0.892. The predicted molar refractivity (Wildman–Crippen MR) is 85.5 cm³/mol. The number of methoxy groups -OCH3 is 1. The van der Waals surface area contributed by atoms with E-state index in [0.717, 1.165) is 16.9 Å².